The zero-order valence-corrected chi connectivity index (χ0v) is 22.4. The first-order valence-corrected chi connectivity index (χ1v) is 13.0. The predicted octanol–water partition coefficient (Wildman–Crippen LogP) is 5.74. The first kappa shape index (κ1) is 28.8. The van der Waals surface area contributed by atoms with E-state index in [2.05, 4.69) is 4.98 Å². The summed E-state index contributed by atoms with van der Waals surface area (Å²) in [4.78, 5) is 18.9. The second-order valence-electron chi connectivity index (χ2n) is 8.47. The second-order valence-corrected chi connectivity index (χ2v) is 9.39. The summed E-state index contributed by atoms with van der Waals surface area (Å²) in [5, 5.41) is 0.570. The number of fused-ring (bicyclic) bond motifs is 1. The number of hydrogen-bond donors (Lipinski definition) is 0. The number of amides is 1. The van der Waals surface area contributed by atoms with Crippen LogP contribution in [-0.4, -0.2) is 55.1 Å². The molecule has 3 heterocycles. The molecule has 5 rings (SSSR count). The third-order valence-electron chi connectivity index (χ3n) is 6.14. The SMILES string of the molecule is O=C(c1ccc(Cl)c(Cc2cc3ncc(C(F)(F)F)cc3n2-c2ccccc2)c1Cl)N1CCOCC1.O=S=O. The molecule has 0 bridgehead atoms. The maximum atomic E-state index is 13.5. The Morgan fingerprint density at radius 2 is 1.69 bits per heavy atom. The van der Waals surface area contributed by atoms with Gasteiger partial charge >= 0.3 is 17.7 Å². The number of carbonyl (C=O) groups is 1. The normalized spacial score (nSPS) is 13.6. The summed E-state index contributed by atoms with van der Waals surface area (Å²) in [5.74, 6) is -0.221. The van der Waals surface area contributed by atoms with Crippen LogP contribution >= 0.6 is 23.2 Å². The molecule has 39 heavy (non-hydrogen) atoms. The number of ether oxygens (including phenoxy) is 1. The van der Waals surface area contributed by atoms with Crippen molar-refractivity contribution >= 4 is 51.7 Å². The molecule has 1 saturated heterocycles. The van der Waals surface area contributed by atoms with Crippen molar-refractivity contribution < 1.29 is 31.1 Å². The van der Waals surface area contributed by atoms with Crippen LogP contribution in [0.15, 0.2) is 60.8 Å². The van der Waals surface area contributed by atoms with Crippen LogP contribution in [0.2, 0.25) is 10.0 Å². The minimum Gasteiger partial charge on any atom is -0.378 e. The number of pyridine rings is 1. The van der Waals surface area contributed by atoms with Gasteiger partial charge in [-0.2, -0.15) is 21.6 Å². The Hall–Kier alpha value is -3.25. The molecule has 2 aromatic carbocycles. The Bertz CT molecular complexity index is 1540. The van der Waals surface area contributed by atoms with E-state index < -0.39 is 23.3 Å². The van der Waals surface area contributed by atoms with Crippen LogP contribution in [0.4, 0.5) is 13.2 Å². The highest BCUT2D eigenvalue weighted by Gasteiger charge is 2.32. The number of benzene rings is 2. The smallest absolute Gasteiger partial charge is 0.378 e. The molecule has 0 N–H and O–H groups in total. The van der Waals surface area contributed by atoms with Gasteiger partial charge in [0.25, 0.3) is 5.91 Å². The summed E-state index contributed by atoms with van der Waals surface area (Å²) in [6.45, 7) is 1.83. The Labute approximate surface area is 234 Å². The van der Waals surface area contributed by atoms with E-state index in [1.807, 2.05) is 6.07 Å². The fourth-order valence-corrected chi connectivity index (χ4v) is 4.93. The van der Waals surface area contributed by atoms with Gasteiger partial charge in [0.2, 0.25) is 0 Å². The van der Waals surface area contributed by atoms with Crippen molar-refractivity contribution in [3.8, 4) is 5.69 Å². The number of alkyl halides is 3. The average molecular weight is 598 g/mol. The van der Waals surface area contributed by atoms with E-state index in [-0.39, 0.29) is 17.4 Å². The second kappa shape index (κ2) is 12.3. The van der Waals surface area contributed by atoms with Crippen molar-refractivity contribution in [3.05, 3.63) is 93.2 Å². The molecule has 0 atom stereocenters. The number of halogens is 5. The third kappa shape index (κ3) is 6.33. The fraction of sp³-hybridized carbons (Fsp3) is 0.231. The van der Waals surface area contributed by atoms with Crippen molar-refractivity contribution in [2.75, 3.05) is 26.3 Å². The van der Waals surface area contributed by atoms with E-state index in [0.717, 1.165) is 12.3 Å². The topological polar surface area (TPSA) is 81.5 Å². The Balaban J connectivity index is 0.00000112. The molecule has 0 radical (unpaired) electrons. The molecular weight excluding hydrogens is 578 g/mol. The predicted molar refractivity (Wildman–Crippen MR) is 141 cm³/mol. The van der Waals surface area contributed by atoms with Crippen LogP contribution < -0.4 is 0 Å². The van der Waals surface area contributed by atoms with E-state index in [4.69, 9.17) is 36.4 Å². The van der Waals surface area contributed by atoms with E-state index in [0.29, 0.717) is 64.9 Å². The van der Waals surface area contributed by atoms with E-state index in [1.165, 1.54) is 0 Å². The van der Waals surface area contributed by atoms with Crippen molar-refractivity contribution in [1.82, 2.24) is 14.5 Å². The number of rotatable bonds is 4. The quantitative estimate of drug-likeness (QED) is 0.299. The van der Waals surface area contributed by atoms with Crippen LogP contribution in [0.5, 0.6) is 0 Å². The summed E-state index contributed by atoms with van der Waals surface area (Å²) in [7, 11) is 0. The maximum absolute atomic E-state index is 13.5. The van der Waals surface area contributed by atoms with Crippen LogP contribution in [0.25, 0.3) is 16.7 Å². The molecular formula is C26H20Cl2F3N3O4S. The molecule has 1 fully saturated rings. The maximum Gasteiger partial charge on any atom is 0.417 e. The van der Waals surface area contributed by atoms with Crippen molar-refractivity contribution in [1.29, 1.82) is 0 Å². The molecule has 0 aliphatic carbocycles. The molecule has 1 amide bonds. The van der Waals surface area contributed by atoms with Gasteiger partial charge in [0.15, 0.2) is 0 Å². The van der Waals surface area contributed by atoms with Gasteiger partial charge in [0.1, 0.15) is 0 Å². The van der Waals surface area contributed by atoms with Gasteiger partial charge in [-0.25, -0.2) is 0 Å². The molecule has 4 aromatic rings. The molecule has 0 spiro atoms. The number of para-hydroxylation sites is 1. The number of hydrogen-bond acceptors (Lipinski definition) is 5. The summed E-state index contributed by atoms with van der Waals surface area (Å²) < 4.78 is 64.0. The highest BCUT2D eigenvalue weighted by atomic mass is 35.5. The standard InChI is InChI=1S/C26H20Cl2F3N3O2.O2S/c27-21-7-6-19(25(35)33-8-10-36-11-9-33)24(28)20(21)13-18-14-22-23(12-16(15-32-22)26(29,30)31)34(18)17-4-2-1-3-5-17;1-3-2/h1-7,12,14-15H,8-11,13H2;. The van der Waals surface area contributed by atoms with E-state index >= 15 is 0 Å². The highest BCUT2D eigenvalue weighted by molar-refractivity contribution is 7.51. The lowest BCUT2D eigenvalue weighted by Crippen LogP contribution is -2.40. The number of carbonyl (C=O) groups excluding carboxylic acids is 1. The van der Waals surface area contributed by atoms with Gasteiger partial charge in [0.05, 0.1) is 40.4 Å². The minimum absolute atomic E-state index is 0.175. The van der Waals surface area contributed by atoms with Gasteiger partial charge in [-0.05, 0) is 42.0 Å². The summed E-state index contributed by atoms with van der Waals surface area (Å²) in [6, 6.07) is 15.0. The summed E-state index contributed by atoms with van der Waals surface area (Å²) in [6.07, 6.45) is -3.54. The largest absolute Gasteiger partial charge is 0.417 e. The Kier molecular flexibility index (Phi) is 9.06. The van der Waals surface area contributed by atoms with Crippen molar-refractivity contribution in [3.63, 3.8) is 0 Å². The molecule has 7 nitrogen and oxygen atoms in total. The van der Waals surface area contributed by atoms with Gasteiger partial charge in [0, 0.05) is 42.1 Å². The summed E-state index contributed by atoms with van der Waals surface area (Å²) >= 11 is 12.5. The monoisotopic (exact) mass is 597 g/mol. The zero-order chi connectivity index (χ0) is 28.2. The van der Waals surface area contributed by atoms with Crippen molar-refractivity contribution in [2.45, 2.75) is 12.6 Å². The molecule has 1 aliphatic heterocycles. The first-order valence-electron chi connectivity index (χ1n) is 11.5. The molecule has 13 heteroatoms. The number of nitrogens with zero attached hydrogens (tertiary/aromatic N) is 3. The van der Waals surface area contributed by atoms with Gasteiger partial charge in [-0.15, -0.1) is 0 Å². The summed E-state index contributed by atoms with van der Waals surface area (Å²) in [5.41, 5.74) is 1.98. The molecule has 1 aliphatic rings. The van der Waals surface area contributed by atoms with Gasteiger partial charge in [-0.3, -0.25) is 9.78 Å². The van der Waals surface area contributed by atoms with Gasteiger partial charge in [-0.1, -0.05) is 41.4 Å². The van der Waals surface area contributed by atoms with E-state index in [9.17, 15) is 18.0 Å². The van der Waals surface area contributed by atoms with E-state index in [1.54, 1.807) is 51.9 Å². The molecule has 2 aromatic heterocycles. The first-order chi connectivity index (χ1) is 18.7. The lowest BCUT2D eigenvalue weighted by molar-refractivity contribution is -0.137. The van der Waals surface area contributed by atoms with Crippen LogP contribution in [0.3, 0.4) is 0 Å². The van der Waals surface area contributed by atoms with Gasteiger partial charge < -0.3 is 14.2 Å². The average Bonchev–Trinajstić information content (AvgIpc) is 3.29. The van der Waals surface area contributed by atoms with Crippen molar-refractivity contribution in [2.24, 2.45) is 0 Å². The van der Waals surface area contributed by atoms with Crippen LogP contribution in [0.1, 0.15) is 27.2 Å². The number of morpholine rings is 1. The van der Waals surface area contributed by atoms with Crippen LogP contribution in [-0.2, 0) is 28.9 Å². The Morgan fingerprint density at radius 1 is 1.03 bits per heavy atom. The molecule has 0 saturated carbocycles. The molecule has 0 unspecified atom stereocenters. The minimum atomic E-state index is -4.53. The third-order valence-corrected chi connectivity index (χ3v) is 6.93. The molecule has 204 valence electrons. The Morgan fingerprint density at radius 3 is 2.33 bits per heavy atom. The fourth-order valence-electron chi connectivity index (χ4n) is 4.34. The zero-order valence-electron chi connectivity index (χ0n) is 20.1. The highest BCUT2D eigenvalue weighted by Crippen LogP contribution is 2.35. The lowest BCUT2D eigenvalue weighted by Gasteiger charge is -2.27. The lowest BCUT2D eigenvalue weighted by atomic mass is 10.0. The van der Waals surface area contributed by atoms with Crippen LogP contribution in [0, 0.1) is 0 Å². The number of aromatic nitrogens is 2.